The van der Waals surface area contributed by atoms with Crippen LogP contribution in [0.15, 0.2) is 30.3 Å². The summed E-state index contributed by atoms with van der Waals surface area (Å²) in [7, 11) is 0. The van der Waals surface area contributed by atoms with E-state index in [9.17, 15) is 0 Å². The van der Waals surface area contributed by atoms with Crippen molar-refractivity contribution in [2.24, 2.45) is 0 Å². The molecule has 0 radical (unpaired) electrons. The van der Waals surface area contributed by atoms with Crippen LogP contribution in [0.4, 0.5) is 5.69 Å². The molecule has 0 fully saturated rings. The maximum absolute atomic E-state index is 6.19. The molecule has 0 bridgehead atoms. The summed E-state index contributed by atoms with van der Waals surface area (Å²) in [4.78, 5) is 0. The van der Waals surface area contributed by atoms with Gasteiger partial charge in [-0.05, 0) is 30.5 Å². The second kappa shape index (κ2) is 5.78. The van der Waals surface area contributed by atoms with Gasteiger partial charge in [0.05, 0.1) is 10.0 Å². The molecule has 2 rings (SSSR count). The summed E-state index contributed by atoms with van der Waals surface area (Å²) in [6.07, 6.45) is 0. The zero-order valence-electron chi connectivity index (χ0n) is 12.6. The highest BCUT2D eigenvalue weighted by molar-refractivity contribution is 6.37. The summed E-state index contributed by atoms with van der Waals surface area (Å²) in [6.45, 7) is 8.48. The van der Waals surface area contributed by atoms with Gasteiger partial charge in [0.15, 0.2) is 5.75 Å². The highest BCUT2D eigenvalue weighted by Gasteiger charge is 2.21. The first-order valence-corrected chi connectivity index (χ1v) is 7.47. The van der Waals surface area contributed by atoms with Gasteiger partial charge in [-0.2, -0.15) is 0 Å². The van der Waals surface area contributed by atoms with Crippen molar-refractivity contribution in [1.82, 2.24) is 0 Å². The monoisotopic (exact) mass is 323 g/mol. The number of nitrogen functional groups attached to an aromatic ring is 1. The molecule has 0 amide bonds. The van der Waals surface area contributed by atoms with Gasteiger partial charge in [0, 0.05) is 11.3 Å². The topological polar surface area (TPSA) is 35.2 Å². The van der Waals surface area contributed by atoms with E-state index in [-0.39, 0.29) is 5.41 Å². The van der Waals surface area contributed by atoms with E-state index in [1.165, 1.54) is 5.56 Å². The van der Waals surface area contributed by atoms with Crippen LogP contribution in [-0.2, 0) is 5.41 Å². The number of halogens is 2. The summed E-state index contributed by atoms with van der Waals surface area (Å²) in [5.41, 5.74) is 8.47. The maximum Gasteiger partial charge on any atom is 0.164 e. The number of hydrogen-bond acceptors (Lipinski definition) is 2. The van der Waals surface area contributed by atoms with Gasteiger partial charge in [-0.25, -0.2) is 0 Å². The van der Waals surface area contributed by atoms with Crippen LogP contribution in [0.3, 0.4) is 0 Å². The molecular formula is C17H19Cl2NO. The number of anilines is 1. The van der Waals surface area contributed by atoms with E-state index < -0.39 is 0 Å². The van der Waals surface area contributed by atoms with Crippen molar-refractivity contribution in [3.05, 3.63) is 51.5 Å². The Morgan fingerprint density at radius 1 is 1.00 bits per heavy atom. The molecule has 112 valence electrons. The fraction of sp³-hybridized carbons (Fsp3) is 0.294. The minimum Gasteiger partial charge on any atom is -0.454 e. The van der Waals surface area contributed by atoms with Crippen molar-refractivity contribution >= 4 is 28.9 Å². The lowest BCUT2D eigenvalue weighted by molar-refractivity contribution is 0.455. The summed E-state index contributed by atoms with van der Waals surface area (Å²) in [6, 6.07) is 9.33. The molecule has 0 saturated heterocycles. The van der Waals surface area contributed by atoms with E-state index in [1.807, 2.05) is 12.1 Å². The molecule has 2 aromatic carbocycles. The summed E-state index contributed by atoms with van der Waals surface area (Å²) in [5, 5.41) is 0.806. The number of nitrogens with two attached hydrogens (primary N) is 1. The Hall–Kier alpha value is -1.38. The Balaban J connectivity index is 2.50. The van der Waals surface area contributed by atoms with E-state index in [1.54, 1.807) is 12.1 Å². The zero-order chi connectivity index (χ0) is 15.8. The number of rotatable bonds is 2. The molecule has 0 heterocycles. The first kappa shape index (κ1) is 16.0. The predicted octanol–water partition coefficient (Wildman–Crippen LogP) is 5.97. The third kappa shape index (κ3) is 3.63. The van der Waals surface area contributed by atoms with Crippen molar-refractivity contribution in [3.63, 3.8) is 0 Å². The SMILES string of the molecule is Cc1ccc(Oc2c(Cl)cc(N)cc2Cl)c(C(C)(C)C)c1. The van der Waals surface area contributed by atoms with Crippen LogP contribution in [0.2, 0.25) is 10.0 Å². The molecule has 2 aromatic rings. The number of benzene rings is 2. The second-order valence-electron chi connectivity index (χ2n) is 6.17. The Kier molecular flexibility index (Phi) is 4.40. The van der Waals surface area contributed by atoms with Crippen LogP contribution < -0.4 is 10.5 Å². The molecule has 0 aliphatic rings. The van der Waals surface area contributed by atoms with Gasteiger partial charge in [-0.1, -0.05) is 61.7 Å². The summed E-state index contributed by atoms with van der Waals surface area (Å²) < 4.78 is 5.99. The van der Waals surface area contributed by atoms with Gasteiger partial charge in [0.2, 0.25) is 0 Å². The van der Waals surface area contributed by atoms with Gasteiger partial charge in [-0.15, -0.1) is 0 Å². The summed E-state index contributed by atoms with van der Waals surface area (Å²) in [5.74, 6) is 1.18. The molecular weight excluding hydrogens is 305 g/mol. The number of aryl methyl sites for hydroxylation is 1. The molecule has 2 N–H and O–H groups in total. The predicted molar refractivity (Wildman–Crippen MR) is 90.8 cm³/mol. The Bertz CT molecular complexity index is 652. The molecule has 0 spiro atoms. The first-order valence-electron chi connectivity index (χ1n) is 6.72. The van der Waals surface area contributed by atoms with Gasteiger partial charge in [-0.3, -0.25) is 0 Å². The molecule has 0 aliphatic carbocycles. The van der Waals surface area contributed by atoms with E-state index >= 15 is 0 Å². The van der Waals surface area contributed by atoms with Crippen LogP contribution in [0, 0.1) is 6.92 Å². The van der Waals surface area contributed by atoms with Crippen LogP contribution >= 0.6 is 23.2 Å². The average molecular weight is 324 g/mol. The van der Waals surface area contributed by atoms with Crippen molar-refractivity contribution in [2.75, 3.05) is 5.73 Å². The fourth-order valence-corrected chi connectivity index (χ4v) is 2.69. The Labute approximate surface area is 135 Å². The quantitative estimate of drug-likeness (QED) is 0.690. The third-order valence-corrected chi connectivity index (χ3v) is 3.74. The zero-order valence-corrected chi connectivity index (χ0v) is 14.1. The molecule has 4 heteroatoms. The first-order chi connectivity index (χ1) is 9.68. The molecule has 0 atom stereocenters. The molecule has 0 saturated carbocycles. The molecule has 2 nitrogen and oxygen atoms in total. The van der Waals surface area contributed by atoms with Gasteiger partial charge >= 0.3 is 0 Å². The van der Waals surface area contributed by atoms with Crippen LogP contribution in [-0.4, -0.2) is 0 Å². The number of hydrogen-bond donors (Lipinski definition) is 1. The Morgan fingerprint density at radius 2 is 1.57 bits per heavy atom. The standard InChI is InChI=1S/C17H19Cl2NO/c1-10-5-6-15(12(7-10)17(2,3)4)21-16-13(18)8-11(20)9-14(16)19/h5-9H,20H2,1-4H3. The van der Waals surface area contributed by atoms with E-state index in [2.05, 4.69) is 33.8 Å². The highest BCUT2D eigenvalue weighted by atomic mass is 35.5. The molecule has 0 unspecified atom stereocenters. The lowest BCUT2D eigenvalue weighted by Gasteiger charge is -2.24. The van der Waals surface area contributed by atoms with Crippen molar-refractivity contribution in [3.8, 4) is 11.5 Å². The van der Waals surface area contributed by atoms with Crippen molar-refractivity contribution in [1.29, 1.82) is 0 Å². The minimum atomic E-state index is -0.0475. The normalized spacial score (nSPS) is 11.5. The second-order valence-corrected chi connectivity index (χ2v) is 6.98. The van der Waals surface area contributed by atoms with Gasteiger partial charge < -0.3 is 10.5 Å². The third-order valence-electron chi connectivity index (χ3n) is 3.18. The van der Waals surface area contributed by atoms with Crippen LogP contribution in [0.5, 0.6) is 11.5 Å². The van der Waals surface area contributed by atoms with Crippen LogP contribution in [0.1, 0.15) is 31.9 Å². The lowest BCUT2D eigenvalue weighted by atomic mass is 9.85. The van der Waals surface area contributed by atoms with Crippen LogP contribution in [0.25, 0.3) is 0 Å². The summed E-state index contributed by atoms with van der Waals surface area (Å²) >= 11 is 12.4. The minimum absolute atomic E-state index is 0.0475. The fourth-order valence-electron chi connectivity index (χ4n) is 2.11. The highest BCUT2D eigenvalue weighted by Crippen LogP contribution is 2.41. The van der Waals surface area contributed by atoms with E-state index in [4.69, 9.17) is 33.7 Å². The van der Waals surface area contributed by atoms with E-state index in [0.717, 1.165) is 11.3 Å². The molecule has 21 heavy (non-hydrogen) atoms. The average Bonchev–Trinajstić information content (AvgIpc) is 2.34. The van der Waals surface area contributed by atoms with Gasteiger partial charge in [0.25, 0.3) is 0 Å². The lowest BCUT2D eigenvalue weighted by Crippen LogP contribution is -2.13. The van der Waals surface area contributed by atoms with Crippen molar-refractivity contribution < 1.29 is 4.74 Å². The smallest absolute Gasteiger partial charge is 0.164 e. The van der Waals surface area contributed by atoms with Crippen molar-refractivity contribution in [2.45, 2.75) is 33.1 Å². The molecule has 0 aromatic heterocycles. The molecule has 0 aliphatic heterocycles. The Morgan fingerprint density at radius 3 is 2.10 bits per heavy atom. The van der Waals surface area contributed by atoms with E-state index in [0.29, 0.717) is 21.5 Å². The van der Waals surface area contributed by atoms with Gasteiger partial charge in [0.1, 0.15) is 5.75 Å². The largest absolute Gasteiger partial charge is 0.454 e. The number of ether oxygens (including phenoxy) is 1. The maximum atomic E-state index is 6.19.